The number of aromatic nitrogens is 2. The first-order valence-electron chi connectivity index (χ1n) is 9.09. The molecule has 1 amide bonds. The topological polar surface area (TPSA) is 67.4 Å². The van der Waals surface area contributed by atoms with Gasteiger partial charge in [0.25, 0.3) is 0 Å². The number of hydrogen-bond donors (Lipinski definition) is 1. The molecule has 1 aromatic carbocycles. The number of nitrogens with one attached hydrogen (secondary N) is 1. The van der Waals surface area contributed by atoms with Crippen LogP contribution in [0.4, 0.5) is 23.4 Å². The molecule has 1 fully saturated rings. The van der Waals surface area contributed by atoms with E-state index in [0.29, 0.717) is 17.1 Å². The third kappa shape index (κ3) is 5.86. The summed E-state index contributed by atoms with van der Waals surface area (Å²) in [5.41, 5.74) is 1.26. The van der Waals surface area contributed by atoms with Crippen LogP contribution in [0.5, 0.6) is 0 Å². The Kier molecular flexibility index (Phi) is 6.31. The smallest absolute Gasteiger partial charge is 0.359 e. The van der Waals surface area contributed by atoms with E-state index in [4.69, 9.17) is 0 Å². The van der Waals surface area contributed by atoms with Crippen molar-refractivity contribution < 1.29 is 27.1 Å². The summed E-state index contributed by atoms with van der Waals surface area (Å²) in [7, 11) is 0. The minimum atomic E-state index is -4.67. The first-order chi connectivity index (χ1) is 13.7. The quantitative estimate of drug-likeness (QED) is 0.760. The van der Waals surface area contributed by atoms with Gasteiger partial charge in [-0.25, -0.2) is 14.4 Å². The molecule has 1 aliphatic heterocycles. The number of hydrogen-bond acceptors (Lipinski definition) is 5. The molecule has 1 aliphatic rings. The van der Waals surface area contributed by atoms with Crippen molar-refractivity contribution in [1.29, 1.82) is 0 Å². The molecule has 1 aromatic heterocycles. The maximum absolute atomic E-state index is 13.1. The molecule has 29 heavy (non-hydrogen) atoms. The standard InChI is InChI=1S/C19H20F4N4O2/c1-12(18(28)27-8-6-15(7-9-27)29-19(21,22)23)26-17-10-16(24-11-25-17)13-2-4-14(20)5-3-13/h2-5,10-12,15H,6-9H2,1H3,(H,24,25,26)/t12-/m1/s1. The Morgan fingerprint density at radius 2 is 1.86 bits per heavy atom. The molecule has 0 saturated carbocycles. The van der Waals surface area contributed by atoms with Gasteiger partial charge in [0.15, 0.2) is 0 Å². The number of ether oxygens (including phenoxy) is 1. The molecule has 0 radical (unpaired) electrons. The Balaban J connectivity index is 1.58. The lowest BCUT2D eigenvalue weighted by molar-refractivity contribution is -0.345. The summed E-state index contributed by atoms with van der Waals surface area (Å²) < 4.78 is 54.0. The summed E-state index contributed by atoms with van der Waals surface area (Å²) in [4.78, 5) is 22.3. The Morgan fingerprint density at radius 1 is 1.21 bits per heavy atom. The van der Waals surface area contributed by atoms with Crippen LogP contribution < -0.4 is 5.32 Å². The third-order valence-corrected chi connectivity index (χ3v) is 4.60. The van der Waals surface area contributed by atoms with Crippen molar-refractivity contribution in [2.45, 2.75) is 38.3 Å². The van der Waals surface area contributed by atoms with Crippen molar-refractivity contribution in [3.8, 4) is 11.3 Å². The van der Waals surface area contributed by atoms with Gasteiger partial charge in [-0.2, -0.15) is 0 Å². The summed E-state index contributed by atoms with van der Waals surface area (Å²) in [6.07, 6.45) is -4.01. The molecule has 10 heteroatoms. The van der Waals surface area contributed by atoms with Crippen LogP contribution in [0, 0.1) is 5.82 Å². The summed E-state index contributed by atoms with van der Waals surface area (Å²) in [5, 5.41) is 2.98. The van der Waals surface area contributed by atoms with Crippen LogP contribution in [0.3, 0.4) is 0 Å². The molecule has 1 atom stereocenters. The fourth-order valence-corrected chi connectivity index (χ4v) is 3.16. The monoisotopic (exact) mass is 412 g/mol. The largest absolute Gasteiger partial charge is 0.522 e. The predicted molar refractivity (Wildman–Crippen MR) is 97.3 cm³/mol. The number of carbonyl (C=O) groups is 1. The van der Waals surface area contributed by atoms with Crippen LogP contribution in [0.25, 0.3) is 11.3 Å². The van der Waals surface area contributed by atoms with Crippen molar-refractivity contribution >= 4 is 11.7 Å². The highest BCUT2D eigenvalue weighted by Crippen LogP contribution is 2.25. The van der Waals surface area contributed by atoms with Gasteiger partial charge < -0.3 is 10.2 Å². The van der Waals surface area contributed by atoms with E-state index in [1.807, 2.05) is 0 Å². The average molecular weight is 412 g/mol. The molecule has 156 valence electrons. The molecule has 0 spiro atoms. The zero-order valence-electron chi connectivity index (χ0n) is 15.6. The molecule has 1 saturated heterocycles. The Labute approximate surface area is 164 Å². The molecule has 6 nitrogen and oxygen atoms in total. The third-order valence-electron chi connectivity index (χ3n) is 4.60. The number of likely N-dealkylation sites (tertiary alicyclic amines) is 1. The number of carbonyl (C=O) groups excluding carboxylic acids is 1. The van der Waals surface area contributed by atoms with E-state index >= 15 is 0 Å². The van der Waals surface area contributed by atoms with Crippen LogP contribution in [0.15, 0.2) is 36.7 Å². The molecule has 0 bridgehead atoms. The Hall–Kier alpha value is -2.75. The summed E-state index contributed by atoms with van der Waals surface area (Å²) >= 11 is 0. The minimum absolute atomic E-state index is 0.125. The van der Waals surface area contributed by atoms with Crippen molar-refractivity contribution in [3.63, 3.8) is 0 Å². The highest BCUT2D eigenvalue weighted by molar-refractivity contribution is 5.84. The summed E-state index contributed by atoms with van der Waals surface area (Å²) in [6.45, 7) is 2.03. The first-order valence-corrected chi connectivity index (χ1v) is 9.09. The Bertz CT molecular complexity index is 837. The Morgan fingerprint density at radius 3 is 2.48 bits per heavy atom. The number of anilines is 1. The van der Waals surface area contributed by atoms with Crippen LogP contribution >= 0.6 is 0 Å². The lowest BCUT2D eigenvalue weighted by Crippen LogP contribution is -2.47. The number of halogens is 4. The van der Waals surface area contributed by atoms with Gasteiger partial charge in [-0.3, -0.25) is 9.53 Å². The van der Waals surface area contributed by atoms with Crippen LogP contribution in [-0.4, -0.2) is 52.4 Å². The molecule has 0 aliphatic carbocycles. The van der Waals surface area contributed by atoms with Crippen LogP contribution in [-0.2, 0) is 9.53 Å². The van der Waals surface area contributed by atoms with Gasteiger partial charge in [-0.15, -0.1) is 13.2 Å². The zero-order chi connectivity index (χ0) is 21.0. The van der Waals surface area contributed by atoms with Gasteiger partial charge in [0, 0.05) is 24.7 Å². The summed E-state index contributed by atoms with van der Waals surface area (Å²) in [5.74, 6) is -0.183. The lowest BCUT2D eigenvalue weighted by atomic mass is 10.1. The van der Waals surface area contributed by atoms with E-state index in [1.54, 1.807) is 25.1 Å². The number of rotatable bonds is 5. The second-order valence-corrected chi connectivity index (χ2v) is 6.75. The summed E-state index contributed by atoms with van der Waals surface area (Å²) in [6, 6.07) is 6.82. The number of nitrogens with zero attached hydrogens (tertiary/aromatic N) is 3. The lowest BCUT2D eigenvalue weighted by Gasteiger charge is -2.33. The first kappa shape index (κ1) is 21.0. The van der Waals surface area contributed by atoms with Gasteiger partial charge in [0.2, 0.25) is 5.91 Å². The molecule has 2 aromatic rings. The minimum Gasteiger partial charge on any atom is -0.359 e. The number of benzene rings is 1. The fourth-order valence-electron chi connectivity index (χ4n) is 3.16. The molecule has 3 rings (SSSR count). The second-order valence-electron chi connectivity index (χ2n) is 6.75. The maximum atomic E-state index is 13.1. The molecular weight excluding hydrogens is 392 g/mol. The second kappa shape index (κ2) is 8.73. The highest BCUT2D eigenvalue weighted by atomic mass is 19.4. The van der Waals surface area contributed by atoms with Crippen LogP contribution in [0.1, 0.15) is 19.8 Å². The normalized spacial score (nSPS) is 16.5. The molecule has 2 heterocycles. The van der Waals surface area contributed by atoms with Gasteiger partial charge >= 0.3 is 6.36 Å². The van der Waals surface area contributed by atoms with Crippen molar-refractivity contribution in [2.24, 2.45) is 0 Å². The van der Waals surface area contributed by atoms with E-state index in [0.717, 1.165) is 0 Å². The van der Waals surface area contributed by atoms with Gasteiger partial charge in [0.1, 0.15) is 24.0 Å². The van der Waals surface area contributed by atoms with Gasteiger partial charge in [-0.05, 0) is 44.0 Å². The fraction of sp³-hybridized carbons (Fsp3) is 0.421. The van der Waals surface area contributed by atoms with Crippen molar-refractivity contribution in [1.82, 2.24) is 14.9 Å². The molecular formula is C19H20F4N4O2. The number of alkyl halides is 3. The average Bonchev–Trinajstić information content (AvgIpc) is 2.67. The number of piperidine rings is 1. The van der Waals surface area contributed by atoms with E-state index in [9.17, 15) is 22.4 Å². The van der Waals surface area contributed by atoms with E-state index < -0.39 is 18.5 Å². The van der Waals surface area contributed by atoms with Gasteiger partial charge in [0.05, 0.1) is 11.8 Å². The van der Waals surface area contributed by atoms with E-state index in [1.165, 1.54) is 23.4 Å². The van der Waals surface area contributed by atoms with E-state index in [-0.39, 0.29) is 37.7 Å². The highest BCUT2D eigenvalue weighted by Gasteiger charge is 2.36. The maximum Gasteiger partial charge on any atom is 0.522 e. The zero-order valence-corrected chi connectivity index (χ0v) is 15.6. The molecule has 0 unspecified atom stereocenters. The van der Waals surface area contributed by atoms with E-state index in [2.05, 4.69) is 20.0 Å². The van der Waals surface area contributed by atoms with Crippen LogP contribution in [0.2, 0.25) is 0 Å². The molecule has 1 N–H and O–H groups in total. The number of amides is 1. The SMILES string of the molecule is C[C@@H](Nc1cc(-c2ccc(F)cc2)ncn1)C(=O)N1CCC(OC(F)(F)F)CC1. The predicted octanol–water partition coefficient (Wildman–Crippen LogP) is 3.61. The van der Waals surface area contributed by atoms with Crippen molar-refractivity contribution in [3.05, 3.63) is 42.5 Å². The van der Waals surface area contributed by atoms with Crippen molar-refractivity contribution in [2.75, 3.05) is 18.4 Å². The van der Waals surface area contributed by atoms with Gasteiger partial charge in [-0.1, -0.05) is 0 Å².